The van der Waals surface area contributed by atoms with Crippen LogP contribution in [0.1, 0.15) is 66.7 Å². The first-order chi connectivity index (χ1) is 8.76. The SMILES string of the molecule is CCCCOC(=O)NCC1(C)CC(C)CC(C)(C)C1. The number of rotatable bonds is 5. The smallest absolute Gasteiger partial charge is 0.407 e. The maximum absolute atomic E-state index is 11.6. The maximum atomic E-state index is 11.6. The number of ether oxygens (including phenoxy) is 1. The van der Waals surface area contributed by atoms with Crippen LogP contribution < -0.4 is 5.32 Å². The fourth-order valence-electron chi connectivity index (χ4n) is 3.94. The predicted molar refractivity (Wildman–Crippen MR) is 79.2 cm³/mol. The van der Waals surface area contributed by atoms with Crippen molar-refractivity contribution in [2.24, 2.45) is 16.7 Å². The van der Waals surface area contributed by atoms with Crippen LogP contribution in [-0.2, 0) is 4.74 Å². The fourth-order valence-corrected chi connectivity index (χ4v) is 3.94. The molecule has 0 aromatic carbocycles. The average Bonchev–Trinajstić information content (AvgIpc) is 2.23. The minimum atomic E-state index is -0.259. The molecule has 1 rings (SSSR count). The number of hydrogen-bond acceptors (Lipinski definition) is 2. The molecule has 0 aromatic heterocycles. The van der Waals surface area contributed by atoms with Gasteiger partial charge < -0.3 is 10.1 Å². The number of carbonyl (C=O) groups is 1. The Kier molecular flexibility index (Phi) is 5.69. The number of alkyl carbamates (subject to hydrolysis) is 1. The Morgan fingerprint density at radius 1 is 1.32 bits per heavy atom. The highest BCUT2D eigenvalue weighted by Gasteiger charge is 2.39. The molecular weight excluding hydrogens is 238 g/mol. The topological polar surface area (TPSA) is 38.3 Å². The van der Waals surface area contributed by atoms with Gasteiger partial charge >= 0.3 is 6.09 Å². The lowest BCUT2D eigenvalue weighted by Crippen LogP contribution is -2.43. The lowest BCUT2D eigenvalue weighted by molar-refractivity contribution is 0.0580. The van der Waals surface area contributed by atoms with E-state index in [9.17, 15) is 4.79 Å². The summed E-state index contributed by atoms with van der Waals surface area (Å²) in [6.07, 6.45) is 5.37. The molecule has 1 fully saturated rings. The van der Waals surface area contributed by atoms with Crippen LogP contribution in [0, 0.1) is 16.7 Å². The Labute approximate surface area is 118 Å². The highest BCUT2D eigenvalue weighted by molar-refractivity contribution is 5.67. The minimum Gasteiger partial charge on any atom is -0.450 e. The summed E-state index contributed by atoms with van der Waals surface area (Å²) in [6.45, 7) is 12.6. The third-order valence-corrected chi connectivity index (χ3v) is 4.04. The van der Waals surface area contributed by atoms with Crippen molar-refractivity contribution in [3.05, 3.63) is 0 Å². The van der Waals surface area contributed by atoms with Crippen LogP contribution in [-0.4, -0.2) is 19.2 Å². The monoisotopic (exact) mass is 269 g/mol. The highest BCUT2D eigenvalue weighted by Crippen LogP contribution is 2.48. The van der Waals surface area contributed by atoms with Gasteiger partial charge in [-0.3, -0.25) is 0 Å². The van der Waals surface area contributed by atoms with E-state index >= 15 is 0 Å². The second-order valence-corrected chi connectivity index (χ2v) is 7.51. The van der Waals surface area contributed by atoms with Gasteiger partial charge in [-0.05, 0) is 42.4 Å². The maximum Gasteiger partial charge on any atom is 0.407 e. The molecule has 0 saturated heterocycles. The van der Waals surface area contributed by atoms with Crippen molar-refractivity contribution in [3.63, 3.8) is 0 Å². The number of nitrogens with one attached hydrogen (secondary N) is 1. The zero-order valence-electron chi connectivity index (χ0n) is 13.3. The standard InChI is InChI=1S/C16H31NO2/c1-6-7-8-19-14(18)17-12-16(5)10-13(2)9-15(3,4)11-16/h13H,6-12H2,1-5H3,(H,17,18). The molecule has 2 unspecified atom stereocenters. The first-order valence-corrected chi connectivity index (χ1v) is 7.67. The summed E-state index contributed by atoms with van der Waals surface area (Å²) in [5.74, 6) is 0.728. The quantitative estimate of drug-likeness (QED) is 0.753. The van der Waals surface area contributed by atoms with E-state index in [1.54, 1.807) is 0 Å². The summed E-state index contributed by atoms with van der Waals surface area (Å²) >= 11 is 0. The van der Waals surface area contributed by atoms with Gasteiger partial charge in [-0.2, -0.15) is 0 Å². The number of hydrogen-bond donors (Lipinski definition) is 1. The van der Waals surface area contributed by atoms with E-state index in [0.29, 0.717) is 12.0 Å². The molecule has 2 atom stereocenters. The van der Waals surface area contributed by atoms with Crippen LogP contribution in [0.25, 0.3) is 0 Å². The van der Waals surface area contributed by atoms with E-state index in [-0.39, 0.29) is 11.5 Å². The molecule has 0 radical (unpaired) electrons. The van der Waals surface area contributed by atoms with E-state index in [4.69, 9.17) is 4.74 Å². The van der Waals surface area contributed by atoms with E-state index in [1.165, 1.54) is 19.3 Å². The van der Waals surface area contributed by atoms with E-state index in [0.717, 1.165) is 25.3 Å². The third-order valence-electron chi connectivity index (χ3n) is 4.04. The Balaban J connectivity index is 2.40. The van der Waals surface area contributed by atoms with E-state index in [2.05, 4.69) is 39.9 Å². The van der Waals surface area contributed by atoms with Gasteiger partial charge in [0.25, 0.3) is 0 Å². The highest BCUT2D eigenvalue weighted by atomic mass is 16.5. The number of unbranched alkanes of at least 4 members (excludes halogenated alkanes) is 1. The Bertz CT molecular complexity index is 301. The summed E-state index contributed by atoms with van der Waals surface area (Å²) in [5.41, 5.74) is 0.575. The molecule has 0 aliphatic heterocycles. The third kappa shape index (κ3) is 5.84. The molecule has 112 valence electrons. The predicted octanol–water partition coefficient (Wildman–Crippen LogP) is 4.37. The number of carbonyl (C=O) groups excluding carboxylic acids is 1. The number of amides is 1. The average molecular weight is 269 g/mol. The first kappa shape index (κ1) is 16.3. The van der Waals surface area contributed by atoms with Crippen molar-refractivity contribution >= 4 is 6.09 Å². The van der Waals surface area contributed by atoms with Crippen molar-refractivity contribution in [2.45, 2.75) is 66.7 Å². The van der Waals surface area contributed by atoms with Crippen LogP contribution in [0.4, 0.5) is 4.79 Å². The molecule has 1 N–H and O–H groups in total. The molecule has 3 heteroatoms. The second kappa shape index (κ2) is 6.62. The van der Waals surface area contributed by atoms with Crippen molar-refractivity contribution in [3.8, 4) is 0 Å². The van der Waals surface area contributed by atoms with Gasteiger partial charge in [-0.15, -0.1) is 0 Å². The fraction of sp³-hybridized carbons (Fsp3) is 0.938. The molecule has 1 amide bonds. The molecule has 19 heavy (non-hydrogen) atoms. The lowest BCUT2D eigenvalue weighted by atomic mass is 9.61. The molecule has 1 aliphatic rings. The van der Waals surface area contributed by atoms with Crippen LogP contribution in [0.3, 0.4) is 0 Å². The van der Waals surface area contributed by atoms with E-state index < -0.39 is 0 Å². The molecule has 0 heterocycles. The Hall–Kier alpha value is -0.730. The Morgan fingerprint density at radius 2 is 2.00 bits per heavy atom. The van der Waals surface area contributed by atoms with Crippen molar-refractivity contribution < 1.29 is 9.53 Å². The van der Waals surface area contributed by atoms with Gasteiger partial charge in [-0.1, -0.05) is 41.0 Å². The van der Waals surface area contributed by atoms with Crippen molar-refractivity contribution in [1.82, 2.24) is 5.32 Å². The summed E-state index contributed by atoms with van der Waals surface area (Å²) in [7, 11) is 0. The zero-order chi connectivity index (χ0) is 14.5. The van der Waals surface area contributed by atoms with Crippen LogP contribution >= 0.6 is 0 Å². The molecule has 0 aromatic rings. The Morgan fingerprint density at radius 3 is 2.58 bits per heavy atom. The van der Waals surface area contributed by atoms with Gasteiger partial charge in [-0.25, -0.2) is 4.79 Å². The summed E-state index contributed by atoms with van der Waals surface area (Å²) in [4.78, 5) is 11.6. The first-order valence-electron chi connectivity index (χ1n) is 7.67. The van der Waals surface area contributed by atoms with Crippen LogP contribution in [0.2, 0.25) is 0 Å². The van der Waals surface area contributed by atoms with E-state index in [1.807, 2.05) is 0 Å². The lowest BCUT2D eigenvalue weighted by Gasteiger charge is -2.45. The largest absolute Gasteiger partial charge is 0.450 e. The van der Waals surface area contributed by atoms with Crippen LogP contribution in [0.5, 0.6) is 0 Å². The normalized spacial score (nSPS) is 29.8. The molecular formula is C16H31NO2. The molecule has 1 saturated carbocycles. The summed E-state index contributed by atoms with van der Waals surface area (Å²) in [6, 6.07) is 0. The zero-order valence-corrected chi connectivity index (χ0v) is 13.3. The van der Waals surface area contributed by atoms with Gasteiger partial charge in [0.15, 0.2) is 0 Å². The van der Waals surface area contributed by atoms with Crippen molar-refractivity contribution in [2.75, 3.05) is 13.2 Å². The van der Waals surface area contributed by atoms with Gasteiger partial charge in [0.1, 0.15) is 0 Å². The molecule has 1 aliphatic carbocycles. The second-order valence-electron chi connectivity index (χ2n) is 7.51. The van der Waals surface area contributed by atoms with Crippen molar-refractivity contribution in [1.29, 1.82) is 0 Å². The summed E-state index contributed by atoms with van der Waals surface area (Å²) < 4.78 is 5.15. The van der Waals surface area contributed by atoms with Crippen LogP contribution in [0.15, 0.2) is 0 Å². The van der Waals surface area contributed by atoms with Gasteiger partial charge in [0.2, 0.25) is 0 Å². The molecule has 3 nitrogen and oxygen atoms in total. The summed E-state index contributed by atoms with van der Waals surface area (Å²) in [5, 5.41) is 2.95. The molecule has 0 bridgehead atoms. The van der Waals surface area contributed by atoms with Gasteiger partial charge in [0, 0.05) is 6.54 Å². The minimum absolute atomic E-state index is 0.199. The van der Waals surface area contributed by atoms with Gasteiger partial charge in [0.05, 0.1) is 6.61 Å². The molecule has 0 spiro atoms.